The number of hydrogen-bond acceptors (Lipinski definition) is 2. The molecule has 0 aromatic carbocycles. The van der Waals surface area contributed by atoms with Crippen molar-refractivity contribution < 1.29 is 9.59 Å². The van der Waals surface area contributed by atoms with Crippen molar-refractivity contribution in [3.8, 4) is 0 Å². The zero-order chi connectivity index (χ0) is 10.9. The molecule has 4 nitrogen and oxygen atoms in total. The van der Waals surface area contributed by atoms with E-state index in [4.69, 9.17) is 11.5 Å². The molecule has 1 aliphatic rings. The fourth-order valence-corrected chi connectivity index (χ4v) is 1.63. The SMILES string of the molecule is CC1=CC(C)(C(N)=O)CC(C(N)=O)=C1. The average Bonchev–Trinajstić information content (AvgIpc) is 2.02. The van der Waals surface area contributed by atoms with Crippen LogP contribution in [0.2, 0.25) is 0 Å². The first kappa shape index (κ1) is 10.5. The molecule has 14 heavy (non-hydrogen) atoms. The lowest BCUT2D eigenvalue weighted by Crippen LogP contribution is -2.36. The van der Waals surface area contributed by atoms with Gasteiger partial charge in [-0.3, -0.25) is 9.59 Å². The maximum absolute atomic E-state index is 11.2. The van der Waals surface area contributed by atoms with E-state index in [1.807, 2.05) is 6.92 Å². The fourth-order valence-electron chi connectivity index (χ4n) is 1.63. The Kier molecular flexibility index (Phi) is 2.47. The van der Waals surface area contributed by atoms with Crippen LogP contribution >= 0.6 is 0 Å². The van der Waals surface area contributed by atoms with Crippen molar-refractivity contribution in [1.29, 1.82) is 0 Å². The number of primary amides is 2. The van der Waals surface area contributed by atoms with Crippen LogP contribution in [0.1, 0.15) is 20.3 Å². The van der Waals surface area contributed by atoms with Gasteiger partial charge in [0, 0.05) is 5.57 Å². The molecule has 1 rings (SSSR count). The highest BCUT2D eigenvalue weighted by molar-refractivity contribution is 5.95. The summed E-state index contributed by atoms with van der Waals surface area (Å²) in [5.74, 6) is -0.936. The van der Waals surface area contributed by atoms with Gasteiger partial charge in [-0.1, -0.05) is 17.7 Å². The summed E-state index contributed by atoms with van der Waals surface area (Å²) in [6.07, 6.45) is 3.74. The van der Waals surface area contributed by atoms with Crippen LogP contribution in [-0.2, 0) is 9.59 Å². The van der Waals surface area contributed by atoms with E-state index in [1.165, 1.54) is 0 Å². The molecule has 1 atom stereocenters. The van der Waals surface area contributed by atoms with Crippen LogP contribution in [0.3, 0.4) is 0 Å². The van der Waals surface area contributed by atoms with E-state index in [0.717, 1.165) is 5.57 Å². The first-order chi connectivity index (χ1) is 6.35. The van der Waals surface area contributed by atoms with Crippen LogP contribution in [0.5, 0.6) is 0 Å². The van der Waals surface area contributed by atoms with Crippen LogP contribution in [0.4, 0.5) is 0 Å². The highest BCUT2D eigenvalue weighted by Crippen LogP contribution is 2.33. The molecule has 1 unspecified atom stereocenters. The van der Waals surface area contributed by atoms with Gasteiger partial charge in [0.25, 0.3) is 0 Å². The lowest BCUT2D eigenvalue weighted by molar-refractivity contribution is -0.124. The second-order valence-electron chi connectivity index (χ2n) is 3.88. The molecular weight excluding hydrogens is 180 g/mol. The van der Waals surface area contributed by atoms with E-state index in [1.54, 1.807) is 19.1 Å². The third kappa shape index (κ3) is 1.84. The van der Waals surface area contributed by atoms with Gasteiger partial charge in [0.05, 0.1) is 5.41 Å². The van der Waals surface area contributed by atoms with Gasteiger partial charge >= 0.3 is 0 Å². The molecule has 0 spiro atoms. The summed E-state index contributed by atoms with van der Waals surface area (Å²) in [6.45, 7) is 3.51. The third-order valence-electron chi connectivity index (χ3n) is 2.39. The van der Waals surface area contributed by atoms with Gasteiger partial charge in [0.2, 0.25) is 11.8 Å². The molecule has 0 aromatic rings. The van der Waals surface area contributed by atoms with Crippen LogP contribution in [0.15, 0.2) is 23.3 Å². The number of carbonyl (C=O) groups excluding carboxylic acids is 2. The van der Waals surface area contributed by atoms with Gasteiger partial charge in [-0.15, -0.1) is 0 Å². The predicted octanol–water partition coefficient (Wildman–Crippen LogP) is 0.240. The van der Waals surface area contributed by atoms with E-state index in [-0.39, 0.29) is 6.42 Å². The van der Waals surface area contributed by atoms with Gasteiger partial charge in [-0.05, 0) is 20.3 Å². The Hall–Kier alpha value is -1.58. The quantitative estimate of drug-likeness (QED) is 0.659. The summed E-state index contributed by atoms with van der Waals surface area (Å²) in [5, 5.41) is 0. The number of nitrogens with two attached hydrogens (primary N) is 2. The molecule has 1 aliphatic carbocycles. The molecule has 0 saturated heterocycles. The molecule has 0 aromatic heterocycles. The number of allylic oxidation sites excluding steroid dienone is 2. The maximum atomic E-state index is 11.2. The van der Waals surface area contributed by atoms with E-state index in [9.17, 15) is 9.59 Å². The van der Waals surface area contributed by atoms with Gasteiger partial charge in [-0.25, -0.2) is 0 Å². The molecule has 4 heteroatoms. The van der Waals surface area contributed by atoms with Crippen molar-refractivity contribution in [3.05, 3.63) is 23.3 Å². The molecule has 2 amide bonds. The van der Waals surface area contributed by atoms with E-state index >= 15 is 0 Å². The highest BCUT2D eigenvalue weighted by Gasteiger charge is 2.33. The molecule has 0 bridgehead atoms. The van der Waals surface area contributed by atoms with Gasteiger partial charge < -0.3 is 11.5 Å². The van der Waals surface area contributed by atoms with E-state index in [2.05, 4.69) is 0 Å². The Morgan fingerprint density at radius 1 is 1.43 bits per heavy atom. The first-order valence-electron chi connectivity index (χ1n) is 4.35. The monoisotopic (exact) mass is 194 g/mol. The minimum Gasteiger partial charge on any atom is -0.369 e. The smallest absolute Gasteiger partial charge is 0.244 e. The minimum atomic E-state index is -0.788. The summed E-state index contributed by atoms with van der Waals surface area (Å²) in [4.78, 5) is 22.2. The maximum Gasteiger partial charge on any atom is 0.244 e. The normalized spacial score (nSPS) is 26.4. The minimum absolute atomic E-state index is 0.287. The average molecular weight is 194 g/mol. The lowest BCUT2D eigenvalue weighted by Gasteiger charge is -2.26. The number of hydrogen-bond donors (Lipinski definition) is 2. The topological polar surface area (TPSA) is 86.2 Å². The Morgan fingerprint density at radius 2 is 2.00 bits per heavy atom. The van der Waals surface area contributed by atoms with Crippen molar-refractivity contribution in [3.63, 3.8) is 0 Å². The van der Waals surface area contributed by atoms with Crippen molar-refractivity contribution in [1.82, 2.24) is 0 Å². The third-order valence-corrected chi connectivity index (χ3v) is 2.39. The molecule has 0 fully saturated rings. The van der Waals surface area contributed by atoms with Gasteiger partial charge in [-0.2, -0.15) is 0 Å². The summed E-state index contributed by atoms with van der Waals surface area (Å²) >= 11 is 0. The fraction of sp³-hybridized carbons (Fsp3) is 0.400. The molecule has 4 N–H and O–H groups in total. The lowest BCUT2D eigenvalue weighted by atomic mass is 9.77. The van der Waals surface area contributed by atoms with Crippen LogP contribution < -0.4 is 11.5 Å². The number of rotatable bonds is 2. The Labute approximate surface area is 82.6 Å². The summed E-state index contributed by atoms with van der Waals surface area (Å²) in [6, 6.07) is 0. The van der Waals surface area contributed by atoms with Crippen LogP contribution in [0, 0.1) is 5.41 Å². The molecular formula is C10H14N2O2. The molecule has 0 radical (unpaired) electrons. The summed E-state index contributed by atoms with van der Waals surface area (Å²) < 4.78 is 0. The highest BCUT2D eigenvalue weighted by atomic mass is 16.1. The number of carbonyl (C=O) groups is 2. The summed E-state index contributed by atoms with van der Waals surface area (Å²) in [7, 11) is 0. The van der Waals surface area contributed by atoms with Crippen molar-refractivity contribution >= 4 is 11.8 Å². The molecule has 76 valence electrons. The van der Waals surface area contributed by atoms with Crippen molar-refractivity contribution in [2.24, 2.45) is 16.9 Å². The second kappa shape index (κ2) is 3.29. The van der Waals surface area contributed by atoms with Gasteiger partial charge in [0.15, 0.2) is 0 Å². The van der Waals surface area contributed by atoms with E-state index in [0.29, 0.717) is 5.57 Å². The Morgan fingerprint density at radius 3 is 2.43 bits per heavy atom. The van der Waals surface area contributed by atoms with Crippen molar-refractivity contribution in [2.75, 3.05) is 0 Å². The zero-order valence-corrected chi connectivity index (χ0v) is 8.33. The van der Waals surface area contributed by atoms with Crippen LogP contribution in [-0.4, -0.2) is 11.8 Å². The summed E-state index contributed by atoms with van der Waals surface area (Å²) in [5.41, 5.74) is 10.9. The van der Waals surface area contributed by atoms with Gasteiger partial charge in [0.1, 0.15) is 0 Å². The molecule has 0 saturated carbocycles. The van der Waals surface area contributed by atoms with E-state index < -0.39 is 17.2 Å². The number of amides is 2. The molecule has 0 heterocycles. The standard InChI is InChI=1S/C10H14N2O2/c1-6-3-7(8(11)13)5-10(2,4-6)9(12)14/h3-4H,5H2,1-2H3,(H2,11,13)(H2,12,14). The van der Waals surface area contributed by atoms with Crippen LogP contribution in [0.25, 0.3) is 0 Å². The second-order valence-corrected chi connectivity index (χ2v) is 3.88. The Bertz CT molecular complexity index is 355. The zero-order valence-electron chi connectivity index (χ0n) is 8.33. The van der Waals surface area contributed by atoms with Crippen molar-refractivity contribution in [2.45, 2.75) is 20.3 Å². The largest absolute Gasteiger partial charge is 0.369 e. The predicted molar refractivity (Wildman–Crippen MR) is 53.0 cm³/mol. The first-order valence-corrected chi connectivity index (χ1v) is 4.35. The molecule has 0 aliphatic heterocycles. The Balaban J connectivity index is 3.08.